The van der Waals surface area contributed by atoms with Crippen LogP contribution >= 0.6 is 11.8 Å². The molecular formula is C18H24N2O4S. The Balaban J connectivity index is 1.54. The highest BCUT2D eigenvalue weighted by atomic mass is 32.2. The molecule has 3 rings (SSSR count). The fourth-order valence-electron chi connectivity index (χ4n) is 3.00. The molecule has 0 aliphatic carbocycles. The predicted molar refractivity (Wildman–Crippen MR) is 97.3 cm³/mol. The van der Waals surface area contributed by atoms with Gasteiger partial charge in [0, 0.05) is 31.8 Å². The minimum atomic E-state index is -0.172. The number of para-hydroxylation sites is 2. The summed E-state index contributed by atoms with van der Waals surface area (Å²) in [6, 6.07) is 7.58. The van der Waals surface area contributed by atoms with E-state index in [9.17, 15) is 9.59 Å². The second kappa shape index (κ2) is 8.47. The van der Waals surface area contributed by atoms with Crippen LogP contribution in [0.3, 0.4) is 0 Å². The lowest BCUT2D eigenvalue weighted by atomic mass is 10.2. The lowest BCUT2D eigenvalue weighted by Crippen LogP contribution is -2.44. The Hall–Kier alpha value is -1.89. The molecule has 1 aromatic carbocycles. The molecule has 2 aliphatic rings. The minimum Gasteiger partial charge on any atom is -0.486 e. The number of amides is 2. The highest BCUT2D eigenvalue weighted by Crippen LogP contribution is 2.31. The third kappa shape index (κ3) is 4.60. The highest BCUT2D eigenvalue weighted by molar-refractivity contribution is 8.13. The lowest BCUT2D eigenvalue weighted by Gasteiger charge is -2.31. The van der Waals surface area contributed by atoms with Crippen LogP contribution in [0.4, 0.5) is 4.79 Å². The van der Waals surface area contributed by atoms with E-state index < -0.39 is 0 Å². The third-order valence-corrected chi connectivity index (χ3v) is 5.17. The topological polar surface area (TPSA) is 59.1 Å². The number of benzene rings is 1. The van der Waals surface area contributed by atoms with E-state index in [0.29, 0.717) is 32.7 Å². The lowest BCUT2D eigenvalue weighted by molar-refractivity contribution is -0.133. The number of carbonyl (C=O) groups excluding carboxylic acids is 2. The van der Waals surface area contributed by atoms with Crippen LogP contribution in [-0.4, -0.2) is 65.6 Å². The summed E-state index contributed by atoms with van der Waals surface area (Å²) in [5.74, 6) is 2.35. The SMILES string of the molecule is CCCN(CC1COc2ccccc2O1)C(=O)CCN1CCSC1=O. The number of carbonyl (C=O) groups is 2. The van der Waals surface area contributed by atoms with Gasteiger partial charge in [-0.1, -0.05) is 30.8 Å². The third-order valence-electron chi connectivity index (χ3n) is 4.28. The fourth-order valence-corrected chi connectivity index (χ4v) is 3.86. The van der Waals surface area contributed by atoms with Crippen molar-refractivity contribution in [3.8, 4) is 11.5 Å². The van der Waals surface area contributed by atoms with Gasteiger partial charge >= 0.3 is 0 Å². The zero-order valence-corrected chi connectivity index (χ0v) is 15.3. The zero-order chi connectivity index (χ0) is 17.6. The summed E-state index contributed by atoms with van der Waals surface area (Å²) < 4.78 is 11.7. The van der Waals surface area contributed by atoms with Gasteiger partial charge in [0.15, 0.2) is 17.6 Å². The Morgan fingerprint density at radius 3 is 2.88 bits per heavy atom. The molecule has 1 aromatic rings. The van der Waals surface area contributed by atoms with E-state index >= 15 is 0 Å². The van der Waals surface area contributed by atoms with Crippen molar-refractivity contribution in [3.05, 3.63) is 24.3 Å². The van der Waals surface area contributed by atoms with Crippen LogP contribution in [0.1, 0.15) is 19.8 Å². The molecule has 25 heavy (non-hydrogen) atoms. The fraction of sp³-hybridized carbons (Fsp3) is 0.556. The maximum absolute atomic E-state index is 12.6. The summed E-state index contributed by atoms with van der Waals surface area (Å²) in [6.07, 6.45) is 1.07. The van der Waals surface area contributed by atoms with Crippen LogP contribution in [0.15, 0.2) is 24.3 Å². The first-order chi connectivity index (χ1) is 12.2. The maximum Gasteiger partial charge on any atom is 0.281 e. The number of nitrogens with zero attached hydrogens (tertiary/aromatic N) is 2. The van der Waals surface area contributed by atoms with Crippen molar-refractivity contribution in [2.75, 3.05) is 38.5 Å². The second-order valence-electron chi connectivity index (χ2n) is 6.19. The molecule has 0 aromatic heterocycles. The van der Waals surface area contributed by atoms with Gasteiger partial charge in [0.25, 0.3) is 5.24 Å². The molecule has 0 N–H and O–H groups in total. The van der Waals surface area contributed by atoms with Crippen molar-refractivity contribution in [1.82, 2.24) is 9.80 Å². The maximum atomic E-state index is 12.6. The van der Waals surface area contributed by atoms with Gasteiger partial charge in [0.05, 0.1) is 6.54 Å². The van der Waals surface area contributed by atoms with E-state index in [2.05, 4.69) is 6.92 Å². The van der Waals surface area contributed by atoms with Gasteiger partial charge in [-0.25, -0.2) is 0 Å². The number of rotatable bonds is 7. The molecule has 1 saturated heterocycles. The van der Waals surface area contributed by atoms with Gasteiger partial charge in [0.2, 0.25) is 5.91 Å². The second-order valence-corrected chi connectivity index (χ2v) is 7.23. The average molecular weight is 364 g/mol. The van der Waals surface area contributed by atoms with E-state index in [0.717, 1.165) is 30.2 Å². The quantitative estimate of drug-likeness (QED) is 0.744. The summed E-state index contributed by atoms with van der Waals surface area (Å²) in [4.78, 5) is 27.8. The van der Waals surface area contributed by atoms with E-state index in [4.69, 9.17) is 9.47 Å². The Morgan fingerprint density at radius 2 is 2.16 bits per heavy atom. The molecule has 0 saturated carbocycles. The standard InChI is InChI=1S/C18H24N2O4S/c1-2-8-20(17(21)7-9-19-10-11-25-18(19)22)12-14-13-23-15-5-3-4-6-16(15)24-14/h3-6,14H,2,7-13H2,1H3. The molecule has 2 heterocycles. The Kier molecular flexibility index (Phi) is 6.07. The first-order valence-corrected chi connectivity index (χ1v) is 9.74. The van der Waals surface area contributed by atoms with E-state index in [-0.39, 0.29) is 17.3 Å². The van der Waals surface area contributed by atoms with Crippen molar-refractivity contribution in [2.24, 2.45) is 0 Å². The van der Waals surface area contributed by atoms with Crippen LogP contribution in [0, 0.1) is 0 Å². The van der Waals surface area contributed by atoms with Gasteiger partial charge in [-0.3, -0.25) is 9.59 Å². The van der Waals surface area contributed by atoms with E-state index in [1.54, 1.807) is 4.90 Å². The zero-order valence-electron chi connectivity index (χ0n) is 14.5. The molecule has 6 nitrogen and oxygen atoms in total. The monoisotopic (exact) mass is 364 g/mol. The van der Waals surface area contributed by atoms with Crippen LogP contribution in [-0.2, 0) is 4.79 Å². The molecule has 0 radical (unpaired) electrons. The van der Waals surface area contributed by atoms with E-state index in [1.807, 2.05) is 29.2 Å². The highest BCUT2D eigenvalue weighted by Gasteiger charge is 2.26. The van der Waals surface area contributed by atoms with Crippen molar-refractivity contribution >= 4 is 22.9 Å². The van der Waals surface area contributed by atoms with Crippen molar-refractivity contribution in [1.29, 1.82) is 0 Å². The van der Waals surface area contributed by atoms with Crippen molar-refractivity contribution in [3.63, 3.8) is 0 Å². The van der Waals surface area contributed by atoms with Crippen molar-refractivity contribution < 1.29 is 19.1 Å². The summed E-state index contributed by atoms with van der Waals surface area (Å²) >= 11 is 1.32. The Bertz CT molecular complexity index is 625. The number of hydrogen-bond donors (Lipinski definition) is 0. The average Bonchev–Trinajstić information content (AvgIpc) is 3.04. The van der Waals surface area contributed by atoms with Crippen LogP contribution < -0.4 is 9.47 Å². The molecule has 2 amide bonds. The molecule has 7 heteroatoms. The molecule has 2 aliphatic heterocycles. The predicted octanol–water partition coefficient (Wildman–Crippen LogP) is 2.62. The number of hydrogen-bond acceptors (Lipinski definition) is 5. The summed E-state index contributed by atoms with van der Waals surface area (Å²) in [5.41, 5.74) is 0. The van der Waals surface area contributed by atoms with Gasteiger partial charge in [-0.15, -0.1) is 0 Å². The summed E-state index contributed by atoms with van der Waals surface area (Å²) in [6.45, 7) is 4.91. The van der Waals surface area contributed by atoms with Crippen LogP contribution in [0.5, 0.6) is 11.5 Å². The normalized spacial score (nSPS) is 19.2. The molecule has 0 bridgehead atoms. The van der Waals surface area contributed by atoms with Gasteiger partial charge in [-0.05, 0) is 18.6 Å². The molecule has 0 spiro atoms. The largest absolute Gasteiger partial charge is 0.486 e. The number of thioether (sulfide) groups is 1. The molecule has 1 unspecified atom stereocenters. The first kappa shape index (κ1) is 17.9. The summed E-state index contributed by atoms with van der Waals surface area (Å²) in [5, 5.41) is 0.0791. The van der Waals surface area contributed by atoms with Gasteiger partial charge in [0.1, 0.15) is 6.61 Å². The van der Waals surface area contributed by atoms with Gasteiger partial charge < -0.3 is 19.3 Å². The molecule has 1 fully saturated rings. The molecule has 136 valence electrons. The van der Waals surface area contributed by atoms with E-state index in [1.165, 1.54) is 11.8 Å². The summed E-state index contributed by atoms with van der Waals surface area (Å²) in [7, 11) is 0. The van der Waals surface area contributed by atoms with Crippen LogP contribution in [0.25, 0.3) is 0 Å². The Morgan fingerprint density at radius 1 is 1.36 bits per heavy atom. The number of fused-ring (bicyclic) bond motifs is 1. The van der Waals surface area contributed by atoms with Crippen LogP contribution in [0.2, 0.25) is 0 Å². The first-order valence-electron chi connectivity index (χ1n) is 8.75. The molecule has 1 atom stereocenters. The van der Waals surface area contributed by atoms with Gasteiger partial charge in [-0.2, -0.15) is 0 Å². The Labute approximate surface area is 152 Å². The minimum absolute atomic E-state index is 0.0639. The smallest absolute Gasteiger partial charge is 0.281 e. The number of ether oxygens (including phenoxy) is 2. The molecular weight excluding hydrogens is 340 g/mol. The van der Waals surface area contributed by atoms with Crippen molar-refractivity contribution in [2.45, 2.75) is 25.9 Å².